The molecule has 20 heavy (non-hydrogen) atoms. The Bertz CT molecular complexity index is 550. The van der Waals surface area contributed by atoms with Crippen LogP contribution in [0.3, 0.4) is 0 Å². The molecular weight excluding hydrogens is 287 g/mol. The van der Waals surface area contributed by atoms with Crippen LogP contribution in [-0.4, -0.2) is 11.7 Å². The van der Waals surface area contributed by atoms with Crippen molar-refractivity contribution < 1.29 is 18.0 Å². The summed E-state index contributed by atoms with van der Waals surface area (Å²) in [6.45, 7) is 0. The van der Waals surface area contributed by atoms with E-state index in [9.17, 15) is 18.0 Å². The van der Waals surface area contributed by atoms with Gasteiger partial charge in [0, 0.05) is 10.6 Å². The van der Waals surface area contributed by atoms with E-state index >= 15 is 0 Å². The van der Waals surface area contributed by atoms with Gasteiger partial charge in [0.15, 0.2) is 0 Å². The average molecular weight is 301 g/mol. The molecule has 0 radical (unpaired) electrons. The van der Waals surface area contributed by atoms with Crippen molar-refractivity contribution in [1.82, 2.24) is 0 Å². The number of anilines is 1. The molecule has 1 saturated carbocycles. The van der Waals surface area contributed by atoms with Crippen LogP contribution < -0.4 is 5.32 Å². The minimum absolute atomic E-state index is 0.124. The monoisotopic (exact) mass is 301 g/mol. The molecule has 1 aromatic rings. The number of alkyl halides is 3. The summed E-state index contributed by atoms with van der Waals surface area (Å²) in [5.41, 5.74) is -0.860. The second-order valence-corrected chi connectivity index (χ2v) is 6.40. The quantitative estimate of drug-likeness (QED) is 0.773. The number of carbonyl (C=O) groups excluding carboxylic acids is 1. The third-order valence-electron chi connectivity index (χ3n) is 4.10. The van der Waals surface area contributed by atoms with E-state index in [2.05, 4.69) is 5.32 Å². The van der Waals surface area contributed by atoms with Crippen molar-refractivity contribution in [2.24, 2.45) is 5.41 Å². The number of hydrogen-bond donors (Lipinski definition) is 1. The van der Waals surface area contributed by atoms with Gasteiger partial charge in [0.1, 0.15) is 0 Å². The van der Waals surface area contributed by atoms with Crippen molar-refractivity contribution in [3.05, 3.63) is 23.8 Å². The Balaban J connectivity index is 2.02. The average Bonchev–Trinajstić information content (AvgIpc) is 2.80. The van der Waals surface area contributed by atoms with Crippen LogP contribution in [0, 0.1) is 5.41 Å². The molecule has 0 bridgehead atoms. The van der Waals surface area contributed by atoms with Gasteiger partial charge in [-0.25, -0.2) is 0 Å². The molecule has 1 fully saturated rings. The number of carbonyl (C=O) groups is 1. The van der Waals surface area contributed by atoms with Crippen LogP contribution in [0.1, 0.15) is 31.2 Å². The normalized spacial score (nSPS) is 21.4. The summed E-state index contributed by atoms with van der Waals surface area (Å²) < 4.78 is 39.1. The fraction of sp³-hybridized carbons (Fsp3) is 0.500. The first-order chi connectivity index (χ1) is 9.42. The summed E-state index contributed by atoms with van der Waals surface area (Å²) in [5, 5.41) is 2.71. The molecule has 2 aliphatic rings. The molecule has 6 heteroatoms. The zero-order valence-electron chi connectivity index (χ0n) is 10.7. The van der Waals surface area contributed by atoms with Gasteiger partial charge in [0.05, 0.1) is 16.7 Å². The predicted octanol–water partition coefficient (Wildman–Crippen LogP) is 4.31. The van der Waals surface area contributed by atoms with Gasteiger partial charge in [0.25, 0.3) is 0 Å². The molecule has 1 heterocycles. The van der Waals surface area contributed by atoms with Gasteiger partial charge >= 0.3 is 6.18 Å². The van der Waals surface area contributed by atoms with E-state index in [1.807, 2.05) is 0 Å². The predicted molar refractivity (Wildman–Crippen MR) is 71.7 cm³/mol. The van der Waals surface area contributed by atoms with Crippen LogP contribution in [-0.2, 0) is 11.0 Å². The SMILES string of the molecule is O=C1Nc2cccc(C(F)(F)F)c2SCC12CCCC2. The van der Waals surface area contributed by atoms with E-state index in [-0.39, 0.29) is 10.8 Å². The Morgan fingerprint density at radius 3 is 2.55 bits per heavy atom. The highest BCUT2D eigenvalue weighted by atomic mass is 32.2. The molecule has 1 amide bonds. The first-order valence-electron chi connectivity index (χ1n) is 6.57. The van der Waals surface area contributed by atoms with Gasteiger partial charge in [-0.15, -0.1) is 11.8 Å². The van der Waals surface area contributed by atoms with Crippen LogP contribution in [0.5, 0.6) is 0 Å². The van der Waals surface area contributed by atoms with E-state index in [0.717, 1.165) is 43.5 Å². The van der Waals surface area contributed by atoms with E-state index in [1.54, 1.807) is 6.07 Å². The highest BCUT2D eigenvalue weighted by molar-refractivity contribution is 7.99. The molecule has 2 nitrogen and oxygen atoms in total. The van der Waals surface area contributed by atoms with Crippen molar-refractivity contribution in [2.75, 3.05) is 11.1 Å². The van der Waals surface area contributed by atoms with Crippen molar-refractivity contribution in [3.8, 4) is 0 Å². The van der Waals surface area contributed by atoms with Gasteiger partial charge in [-0.05, 0) is 25.0 Å². The Kier molecular flexibility index (Phi) is 3.23. The van der Waals surface area contributed by atoms with Crippen molar-refractivity contribution >= 4 is 23.4 Å². The Morgan fingerprint density at radius 2 is 1.90 bits per heavy atom. The summed E-state index contributed by atoms with van der Waals surface area (Å²) in [5.74, 6) is 0.305. The Hall–Kier alpha value is -1.17. The van der Waals surface area contributed by atoms with E-state index in [4.69, 9.17) is 0 Å². The first kappa shape index (κ1) is 13.8. The standard InChI is InChI=1S/C14H14F3NOS/c15-14(16,17)9-4-3-5-10-11(9)20-8-13(12(19)18-10)6-1-2-7-13/h3-5H,1-2,6-8H2,(H,18,19). The largest absolute Gasteiger partial charge is 0.417 e. The second kappa shape index (κ2) is 4.69. The van der Waals surface area contributed by atoms with Crippen molar-refractivity contribution in [1.29, 1.82) is 0 Å². The molecule has 0 aromatic heterocycles. The first-order valence-corrected chi connectivity index (χ1v) is 7.55. The number of amides is 1. The zero-order valence-corrected chi connectivity index (χ0v) is 11.5. The molecule has 0 unspecified atom stereocenters. The number of rotatable bonds is 0. The van der Waals surface area contributed by atoms with Gasteiger partial charge in [-0.2, -0.15) is 13.2 Å². The Morgan fingerprint density at radius 1 is 1.20 bits per heavy atom. The molecule has 1 spiro atoms. The summed E-state index contributed by atoms with van der Waals surface area (Å²) in [7, 11) is 0. The van der Waals surface area contributed by atoms with Crippen LogP contribution >= 0.6 is 11.8 Å². The molecular formula is C14H14F3NOS. The summed E-state index contributed by atoms with van der Waals surface area (Å²) >= 11 is 1.16. The molecule has 1 aromatic carbocycles. The van der Waals surface area contributed by atoms with Crippen LogP contribution in [0.4, 0.5) is 18.9 Å². The van der Waals surface area contributed by atoms with Crippen molar-refractivity contribution in [3.63, 3.8) is 0 Å². The molecule has 1 N–H and O–H groups in total. The topological polar surface area (TPSA) is 29.1 Å². The van der Waals surface area contributed by atoms with Crippen molar-refractivity contribution in [2.45, 2.75) is 36.8 Å². The fourth-order valence-electron chi connectivity index (χ4n) is 2.97. The highest BCUT2D eigenvalue weighted by Crippen LogP contribution is 2.49. The third-order valence-corrected chi connectivity index (χ3v) is 5.53. The zero-order chi connectivity index (χ0) is 14.4. The number of thioether (sulfide) groups is 1. The lowest BCUT2D eigenvalue weighted by Crippen LogP contribution is -2.34. The summed E-state index contributed by atoms with van der Waals surface area (Å²) in [6.07, 6.45) is -0.925. The third kappa shape index (κ3) is 2.20. The minimum atomic E-state index is -4.39. The number of fused-ring (bicyclic) bond motifs is 1. The molecule has 0 atom stereocenters. The van der Waals surface area contributed by atoms with Crippen LogP contribution in [0.25, 0.3) is 0 Å². The highest BCUT2D eigenvalue weighted by Gasteiger charge is 2.44. The lowest BCUT2D eigenvalue weighted by Gasteiger charge is -2.24. The van der Waals surface area contributed by atoms with E-state index < -0.39 is 17.2 Å². The lowest BCUT2D eigenvalue weighted by atomic mass is 9.87. The maximum absolute atomic E-state index is 13.0. The van der Waals surface area contributed by atoms with Gasteiger partial charge < -0.3 is 5.32 Å². The summed E-state index contributed by atoms with van der Waals surface area (Å²) in [4.78, 5) is 12.5. The Labute approximate surface area is 119 Å². The second-order valence-electron chi connectivity index (χ2n) is 5.41. The molecule has 1 aliphatic carbocycles. The molecule has 1 aliphatic heterocycles. The number of hydrogen-bond acceptors (Lipinski definition) is 2. The molecule has 3 rings (SSSR count). The number of benzene rings is 1. The molecule has 108 valence electrons. The summed E-state index contributed by atoms with van der Waals surface area (Å²) in [6, 6.07) is 3.96. The lowest BCUT2D eigenvalue weighted by molar-refractivity contribution is -0.139. The number of nitrogens with one attached hydrogen (secondary N) is 1. The maximum atomic E-state index is 13.0. The van der Waals surface area contributed by atoms with Gasteiger partial charge in [-0.3, -0.25) is 4.79 Å². The van der Waals surface area contributed by atoms with Gasteiger partial charge in [-0.1, -0.05) is 18.9 Å². The fourth-order valence-corrected chi connectivity index (χ4v) is 4.42. The number of halogens is 3. The molecule has 0 saturated heterocycles. The minimum Gasteiger partial charge on any atom is -0.325 e. The maximum Gasteiger partial charge on any atom is 0.417 e. The van der Waals surface area contributed by atoms with Crippen LogP contribution in [0.2, 0.25) is 0 Å². The van der Waals surface area contributed by atoms with E-state index in [1.165, 1.54) is 6.07 Å². The van der Waals surface area contributed by atoms with E-state index in [0.29, 0.717) is 11.4 Å². The van der Waals surface area contributed by atoms with Gasteiger partial charge in [0.2, 0.25) is 5.91 Å². The van der Waals surface area contributed by atoms with Crippen LogP contribution in [0.15, 0.2) is 23.1 Å². The smallest absolute Gasteiger partial charge is 0.325 e.